The summed E-state index contributed by atoms with van der Waals surface area (Å²) in [6, 6.07) is 5.88. The summed E-state index contributed by atoms with van der Waals surface area (Å²) in [6.07, 6.45) is 7.40. The van der Waals surface area contributed by atoms with Gasteiger partial charge < -0.3 is 10.1 Å². The molecule has 11 nitrogen and oxygen atoms in total. The van der Waals surface area contributed by atoms with E-state index in [9.17, 15) is 24.0 Å². The highest BCUT2D eigenvalue weighted by Crippen LogP contribution is 2.33. The molecule has 0 atom stereocenters. The average molecular weight is 498 g/mol. The van der Waals surface area contributed by atoms with E-state index >= 15 is 0 Å². The second-order valence-electron chi connectivity index (χ2n) is 9.31. The zero-order valence-electron chi connectivity index (χ0n) is 20.4. The van der Waals surface area contributed by atoms with E-state index in [0.29, 0.717) is 35.2 Å². The fourth-order valence-electron chi connectivity index (χ4n) is 4.80. The second kappa shape index (κ2) is 10.9. The van der Waals surface area contributed by atoms with Gasteiger partial charge in [0.2, 0.25) is 0 Å². The van der Waals surface area contributed by atoms with Crippen molar-refractivity contribution in [3.8, 4) is 0 Å². The van der Waals surface area contributed by atoms with Crippen molar-refractivity contribution in [1.29, 1.82) is 0 Å². The Morgan fingerprint density at radius 1 is 1.06 bits per heavy atom. The molecule has 36 heavy (non-hydrogen) atoms. The van der Waals surface area contributed by atoms with Gasteiger partial charge in [0.05, 0.1) is 5.39 Å². The number of hydrogen-bond donors (Lipinski definition) is 2. The number of ether oxygens (including phenoxy) is 1. The lowest BCUT2D eigenvalue weighted by molar-refractivity contribution is -0.140. The van der Waals surface area contributed by atoms with Crippen LogP contribution in [0.3, 0.4) is 0 Å². The molecule has 2 N–H and O–H groups in total. The van der Waals surface area contributed by atoms with Gasteiger partial charge in [-0.15, -0.1) is 0 Å². The number of benzene rings is 1. The number of hydrogen-bond acceptors (Lipinski definition) is 7. The van der Waals surface area contributed by atoms with Crippen LogP contribution in [0, 0.1) is 0 Å². The average Bonchev–Trinajstić information content (AvgIpc) is 3.10. The highest BCUT2D eigenvalue weighted by Gasteiger charge is 2.52. The third-order valence-corrected chi connectivity index (χ3v) is 6.72. The van der Waals surface area contributed by atoms with Crippen molar-refractivity contribution >= 4 is 34.6 Å². The minimum atomic E-state index is -0.979. The van der Waals surface area contributed by atoms with Crippen molar-refractivity contribution in [3.63, 3.8) is 0 Å². The number of unbranched alkanes of at least 4 members (excludes halogenated alkanes) is 3. The first kappa shape index (κ1) is 25.3. The smallest absolute Gasteiger partial charge is 0.359 e. The van der Waals surface area contributed by atoms with Crippen LogP contribution < -0.4 is 16.3 Å². The quantitative estimate of drug-likeness (QED) is 0.308. The molecule has 2 aliphatic rings. The van der Waals surface area contributed by atoms with Gasteiger partial charge in [-0.3, -0.25) is 19.8 Å². The molecule has 2 aromatic rings. The largest absolute Gasteiger partial charge is 0.451 e. The van der Waals surface area contributed by atoms with Gasteiger partial charge in [0, 0.05) is 11.9 Å². The monoisotopic (exact) mass is 497 g/mol. The van der Waals surface area contributed by atoms with Gasteiger partial charge in [-0.1, -0.05) is 63.6 Å². The fourth-order valence-corrected chi connectivity index (χ4v) is 4.80. The molecule has 4 amide bonds. The van der Waals surface area contributed by atoms with Crippen LogP contribution >= 0.6 is 0 Å². The van der Waals surface area contributed by atoms with E-state index in [1.807, 2.05) is 0 Å². The third-order valence-electron chi connectivity index (χ3n) is 6.72. The van der Waals surface area contributed by atoms with E-state index in [-0.39, 0.29) is 11.3 Å². The Kier molecular flexibility index (Phi) is 7.66. The van der Waals surface area contributed by atoms with E-state index < -0.39 is 36.0 Å². The number of imide groups is 1. The van der Waals surface area contributed by atoms with E-state index in [1.54, 1.807) is 24.3 Å². The molecular formula is C25H31N5O6. The molecular weight excluding hydrogens is 466 g/mol. The lowest BCUT2D eigenvalue weighted by Gasteiger charge is -2.30. The van der Waals surface area contributed by atoms with Gasteiger partial charge in [0.1, 0.15) is 5.54 Å². The highest BCUT2D eigenvalue weighted by atomic mass is 16.5. The number of carbonyl (C=O) groups is 4. The normalized spacial score (nSPS) is 16.9. The lowest BCUT2D eigenvalue weighted by Crippen LogP contribution is -2.51. The SMILES string of the molecule is CCCCCCn1nc(C(=O)OCC(=O)NN2C(=O)NC3(CCCCC3)C2=O)c2ccccc2c1=O. The van der Waals surface area contributed by atoms with Crippen molar-refractivity contribution in [2.75, 3.05) is 6.61 Å². The number of rotatable bonds is 9. The molecule has 1 aromatic carbocycles. The number of aryl methyl sites for hydroxylation is 1. The molecule has 1 saturated heterocycles. The van der Waals surface area contributed by atoms with Crippen molar-refractivity contribution in [2.45, 2.75) is 76.8 Å². The van der Waals surface area contributed by atoms with E-state index in [4.69, 9.17) is 4.74 Å². The van der Waals surface area contributed by atoms with Crippen molar-refractivity contribution in [3.05, 3.63) is 40.3 Å². The van der Waals surface area contributed by atoms with Crippen molar-refractivity contribution in [2.24, 2.45) is 0 Å². The molecule has 1 aliphatic carbocycles. The first-order chi connectivity index (χ1) is 17.4. The van der Waals surface area contributed by atoms with Crippen molar-refractivity contribution < 1.29 is 23.9 Å². The maximum Gasteiger partial charge on any atom is 0.359 e. The Bertz CT molecular complexity index is 1230. The van der Waals surface area contributed by atoms with Crippen LogP contribution in [0.1, 0.15) is 75.2 Å². The molecule has 1 aliphatic heterocycles. The molecule has 192 valence electrons. The molecule has 11 heteroatoms. The number of carbonyl (C=O) groups excluding carboxylic acids is 4. The molecule has 0 bridgehead atoms. The maximum atomic E-state index is 12.9. The number of hydrazine groups is 1. The first-order valence-electron chi connectivity index (χ1n) is 12.5. The number of nitrogens with zero attached hydrogens (tertiary/aromatic N) is 3. The fraction of sp³-hybridized carbons (Fsp3) is 0.520. The van der Waals surface area contributed by atoms with E-state index in [1.165, 1.54) is 4.68 Å². The Labute approximate surface area is 208 Å². The summed E-state index contributed by atoms with van der Waals surface area (Å²) in [5.74, 6) is -2.23. The standard InChI is InChI=1S/C25H31N5O6/c1-2-3-4-10-15-29-21(32)18-12-7-6-11-17(18)20(28-29)22(33)36-16-19(31)27-30-23(34)25(26-24(30)35)13-8-5-9-14-25/h6-7,11-12H,2-5,8-10,13-16H2,1H3,(H,26,35)(H,27,31). The minimum absolute atomic E-state index is 0.0790. The Hall–Kier alpha value is -3.76. The summed E-state index contributed by atoms with van der Waals surface area (Å²) in [5.41, 5.74) is 0.877. The number of amides is 4. The predicted molar refractivity (Wildman–Crippen MR) is 130 cm³/mol. The number of nitrogens with one attached hydrogen (secondary N) is 2. The zero-order chi connectivity index (χ0) is 25.7. The van der Waals surface area contributed by atoms with E-state index in [2.05, 4.69) is 22.8 Å². The summed E-state index contributed by atoms with van der Waals surface area (Å²) in [7, 11) is 0. The van der Waals surface area contributed by atoms with Crippen LogP contribution in [0.15, 0.2) is 29.1 Å². The third kappa shape index (κ3) is 5.09. The van der Waals surface area contributed by atoms with Gasteiger partial charge in [-0.05, 0) is 25.3 Å². The Balaban J connectivity index is 1.43. The molecule has 2 fully saturated rings. The lowest BCUT2D eigenvalue weighted by atomic mass is 9.82. The van der Waals surface area contributed by atoms with Gasteiger partial charge in [-0.25, -0.2) is 14.3 Å². The molecule has 4 rings (SSSR count). The molecule has 1 spiro atoms. The maximum absolute atomic E-state index is 12.9. The van der Waals surface area contributed by atoms with Gasteiger partial charge in [-0.2, -0.15) is 10.1 Å². The number of urea groups is 1. The predicted octanol–water partition coefficient (Wildman–Crippen LogP) is 2.42. The van der Waals surface area contributed by atoms with Crippen LogP contribution in [0.5, 0.6) is 0 Å². The van der Waals surface area contributed by atoms with Gasteiger partial charge in [0.25, 0.3) is 17.4 Å². The van der Waals surface area contributed by atoms with Gasteiger partial charge >= 0.3 is 12.0 Å². The highest BCUT2D eigenvalue weighted by molar-refractivity contribution is 6.08. The van der Waals surface area contributed by atoms with Gasteiger partial charge in [0.15, 0.2) is 12.3 Å². The minimum Gasteiger partial charge on any atom is -0.451 e. The van der Waals surface area contributed by atoms with Crippen molar-refractivity contribution in [1.82, 2.24) is 25.5 Å². The summed E-state index contributed by atoms with van der Waals surface area (Å²) >= 11 is 0. The second-order valence-corrected chi connectivity index (χ2v) is 9.31. The van der Waals surface area contributed by atoms with Crippen LogP contribution in [0.25, 0.3) is 10.8 Å². The van der Waals surface area contributed by atoms with Crippen LogP contribution in [-0.2, 0) is 20.9 Å². The first-order valence-corrected chi connectivity index (χ1v) is 12.5. The summed E-state index contributed by atoms with van der Waals surface area (Å²) in [4.78, 5) is 63.3. The summed E-state index contributed by atoms with van der Waals surface area (Å²) in [6.45, 7) is 1.72. The zero-order valence-corrected chi connectivity index (χ0v) is 20.4. The molecule has 2 heterocycles. The molecule has 0 unspecified atom stereocenters. The van der Waals surface area contributed by atoms with Crippen LogP contribution in [-0.4, -0.2) is 50.7 Å². The molecule has 0 radical (unpaired) electrons. The summed E-state index contributed by atoms with van der Waals surface area (Å²) < 4.78 is 6.41. The number of aromatic nitrogens is 2. The van der Waals surface area contributed by atoms with Crippen LogP contribution in [0.2, 0.25) is 0 Å². The Morgan fingerprint density at radius 3 is 2.50 bits per heavy atom. The number of fused-ring (bicyclic) bond motifs is 1. The van der Waals surface area contributed by atoms with E-state index in [0.717, 1.165) is 44.9 Å². The Morgan fingerprint density at radius 2 is 1.78 bits per heavy atom. The summed E-state index contributed by atoms with van der Waals surface area (Å²) in [5, 5.41) is 8.24. The molecule has 1 aromatic heterocycles. The topological polar surface area (TPSA) is 140 Å². The van der Waals surface area contributed by atoms with Crippen LogP contribution in [0.4, 0.5) is 4.79 Å². The number of esters is 1. The molecule has 1 saturated carbocycles.